The first-order valence-corrected chi connectivity index (χ1v) is 6.10. The first-order chi connectivity index (χ1) is 6.57. The Bertz CT molecular complexity index is 352. The smallest absolute Gasteiger partial charge is 0.147 e. The monoisotopic (exact) mass is 368 g/mol. The van der Waals surface area contributed by atoms with Gasteiger partial charge in [-0.1, -0.05) is 28.1 Å². The number of halogens is 2. The molecule has 14 heavy (non-hydrogen) atoms. The Labute approximate surface area is 105 Å². The van der Waals surface area contributed by atoms with E-state index in [1.165, 1.54) is 6.92 Å². The highest BCUT2D eigenvalue weighted by molar-refractivity contribution is 14.1. The molecule has 0 radical (unpaired) electrons. The summed E-state index contributed by atoms with van der Waals surface area (Å²) in [5.41, 5.74) is 1.68. The summed E-state index contributed by atoms with van der Waals surface area (Å²) in [5.74, 6) is 0.0432. The number of benzene rings is 1. The topological polar surface area (TPSA) is 37.3 Å². The number of hydrogen-bond donors (Lipinski definition) is 1. The van der Waals surface area contributed by atoms with Gasteiger partial charge >= 0.3 is 0 Å². The van der Waals surface area contributed by atoms with E-state index in [1.807, 2.05) is 18.2 Å². The molecule has 1 rings (SSSR count). The molecule has 0 bridgehead atoms. The standard InChI is InChI=1S/C10H10BrIO2/c1-6(14)10(11)7-3-2-4-9(12)8(7)5-13/h2-4,10,13H,5H2,1H3. The normalized spacial score (nSPS) is 12.6. The minimum atomic E-state index is -0.320. The number of ketones is 1. The van der Waals surface area contributed by atoms with E-state index in [0.717, 1.165) is 14.7 Å². The molecule has 0 amide bonds. The number of alkyl halides is 1. The molecule has 4 heteroatoms. The van der Waals surface area contributed by atoms with Crippen molar-refractivity contribution in [2.45, 2.75) is 18.4 Å². The summed E-state index contributed by atoms with van der Waals surface area (Å²) >= 11 is 5.46. The highest BCUT2D eigenvalue weighted by atomic mass is 127. The van der Waals surface area contributed by atoms with Crippen molar-refractivity contribution in [2.24, 2.45) is 0 Å². The maximum absolute atomic E-state index is 11.2. The summed E-state index contributed by atoms with van der Waals surface area (Å²) in [6, 6.07) is 5.65. The van der Waals surface area contributed by atoms with Crippen molar-refractivity contribution in [2.75, 3.05) is 0 Å². The number of aliphatic hydroxyl groups is 1. The van der Waals surface area contributed by atoms with Gasteiger partial charge in [-0.15, -0.1) is 0 Å². The zero-order chi connectivity index (χ0) is 10.7. The Kier molecular flexibility index (Phi) is 4.53. The van der Waals surface area contributed by atoms with Gasteiger partial charge in [0, 0.05) is 3.57 Å². The fourth-order valence-corrected chi connectivity index (χ4v) is 2.32. The Morgan fingerprint density at radius 1 is 1.64 bits per heavy atom. The summed E-state index contributed by atoms with van der Waals surface area (Å²) in [6.45, 7) is 1.49. The molecule has 0 aliphatic carbocycles. The maximum Gasteiger partial charge on any atom is 0.147 e. The van der Waals surface area contributed by atoms with Gasteiger partial charge in [-0.3, -0.25) is 4.79 Å². The molecule has 76 valence electrons. The quantitative estimate of drug-likeness (QED) is 0.658. The van der Waals surface area contributed by atoms with Crippen LogP contribution in [0.2, 0.25) is 0 Å². The van der Waals surface area contributed by atoms with E-state index in [0.29, 0.717) is 0 Å². The molecule has 0 heterocycles. The number of aliphatic hydroxyl groups excluding tert-OH is 1. The molecular weight excluding hydrogens is 359 g/mol. The van der Waals surface area contributed by atoms with Gasteiger partial charge in [-0.05, 0) is 46.7 Å². The van der Waals surface area contributed by atoms with Crippen LogP contribution in [0.5, 0.6) is 0 Å². The van der Waals surface area contributed by atoms with E-state index in [2.05, 4.69) is 38.5 Å². The van der Waals surface area contributed by atoms with Crippen LogP contribution in [0, 0.1) is 3.57 Å². The lowest BCUT2D eigenvalue weighted by molar-refractivity contribution is -0.116. The Morgan fingerprint density at radius 2 is 2.29 bits per heavy atom. The Hall–Kier alpha value is 0.0600. The summed E-state index contributed by atoms with van der Waals surface area (Å²) in [6.07, 6.45) is 0. The van der Waals surface area contributed by atoms with Crippen LogP contribution in [0.1, 0.15) is 22.9 Å². The van der Waals surface area contributed by atoms with Crippen molar-refractivity contribution in [1.82, 2.24) is 0 Å². The molecular formula is C10H10BrIO2. The molecule has 1 N–H and O–H groups in total. The minimum absolute atomic E-state index is 0.0379. The van der Waals surface area contributed by atoms with E-state index in [1.54, 1.807) is 0 Å². The van der Waals surface area contributed by atoms with Gasteiger partial charge in [-0.2, -0.15) is 0 Å². The molecule has 0 saturated carbocycles. The molecule has 2 nitrogen and oxygen atoms in total. The van der Waals surface area contributed by atoms with Gasteiger partial charge in [0.2, 0.25) is 0 Å². The van der Waals surface area contributed by atoms with Crippen LogP contribution in [0.15, 0.2) is 18.2 Å². The molecule has 0 aliphatic heterocycles. The Balaban J connectivity index is 3.20. The van der Waals surface area contributed by atoms with Crippen molar-refractivity contribution < 1.29 is 9.90 Å². The fraction of sp³-hybridized carbons (Fsp3) is 0.300. The van der Waals surface area contributed by atoms with Crippen LogP contribution in [0.4, 0.5) is 0 Å². The molecule has 1 aromatic rings. The highest BCUT2D eigenvalue weighted by Crippen LogP contribution is 2.29. The van der Waals surface area contributed by atoms with E-state index in [-0.39, 0.29) is 17.2 Å². The van der Waals surface area contributed by atoms with Gasteiger partial charge in [0.25, 0.3) is 0 Å². The van der Waals surface area contributed by atoms with Crippen LogP contribution in [0.3, 0.4) is 0 Å². The van der Waals surface area contributed by atoms with Crippen LogP contribution in [0.25, 0.3) is 0 Å². The zero-order valence-electron chi connectivity index (χ0n) is 7.63. The molecule has 0 saturated heterocycles. The van der Waals surface area contributed by atoms with Crippen molar-refractivity contribution in [3.63, 3.8) is 0 Å². The molecule has 0 aliphatic rings. The van der Waals surface area contributed by atoms with E-state index < -0.39 is 0 Å². The van der Waals surface area contributed by atoms with Crippen LogP contribution in [-0.4, -0.2) is 10.9 Å². The summed E-state index contributed by atoms with van der Waals surface area (Å²) < 4.78 is 0.980. The van der Waals surface area contributed by atoms with Crippen molar-refractivity contribution in [3.8, 4) is 0 Å². The van der Waals surface area contributed by atoms with Gasteiger partial charge in [0.15, 0.2) is 0 Å². The van der Waals surface area contributed by atoms with Crippen LogP contribution >= 0.6 is 38.5 Å². The van der Waals surface area contributed by atoms with E-state index >= 15 is 0 Å². The summed E-state index contributed by atoms with van der Waals surface area (Å²) in [7, 11) is 0. The van der Waals surface area contributed by atoms with Crippen molar-refractivity contribution in [3.05, 3.63) is 32.9 Å². The van der Waals surface area contributed by atoms with E-state index in [4.69, 9.17) is 0 Å². The largest absolute Gasteiger partial charge is 0.392 e. The molecule has 0 spiro atoms. The van der Waals surface area contributed by atoms with Gasteiger partial charge in [-0.25, -0.2) is 0 Å². The molecule has 0 fully saturated rings. The SMILES string of the molecule is CC(=O)C(Br)c1cccc(I)c1CO. The second kappa shape index (κ2) is 5.23. The van der Waals surface area contributed by atoms with E-state index in [9.17, 15) is 9.90 Å². The first kappa shape index (κ1) is 12.1. The lowest BCUT2D eigenvalue weighted by Gasteiger charge is -2.12. The molecule has 1 unspecified atom stereocenters. The van der Waals surface area contributed by atoms with Crippen LogP contribution < -0.4 is 0 Å². The number of hydrogen-bond acceptors (Lipinski definition) is 2. The predicted octanol–water partition coefficient (Wildman–Crippen LogP) is 2.81. The average Bonchev–Trinajstić information content (AvgIpc) is 2.16. The van der Waals surface area contributed by atoms with Crippen molar-refractivity contribution in [1.29, 1.82) is 0 Å². The number of carbonyl (C=O) groups is 1. The first-order valence-electron chi connectivity index (χ1n) is 4.10. The zero-order valence-corrected chi connectivity index (χ0v) is 11.4. The lowest BCUT2D eigenvalue weighted by atomic mass is 10.0. The molecule has 1 aromatic carbocycles. The average molecular weight is 369 g/mol. The maximum atomic E-state index is 11.2. The molecule has 0 aromatic heterocycles. The summed E-state index contributed by atoms with van der Waals surface area (Å²) in [5, 5.41) is 9.19. The third kappa shape index (κ3) is 2.55. The van der Waals surface area contributed by atoms with Crippen molar-refractivity contribution >= 4 is 44.3 Å². The number of carbonyl (C=O) groups excluding carboxylic acids is 1. The lowest BCUT2D eigenvalue weighted by Crippen LogP contribution is -2.06. The second-order valence-electron chi connectivity index (χ2n) is 2.94. The van der Waals surface area contributed by atoms with Crippen LogP contribution in [-0.2, 0) is 11.4 Å². The number of rotatable bonds is 3. The predicted molar refractivity (Wildman–Crippen MR) is 67.4 cm³/mol. The number of Topliss-reactive ketones (excluding diaryl/α,β-unsaturated/α-hetero) is 1. The highest BCUT2D eigenvalue weighted by Gasteiger charge is 2.17. The van der Waals surface area contributed by atoms with Gasteiger partial charge in [0.1, 0.15) is 5.78 Å². The second-order valence-corrected chi connectivity index (χ2v) is 5.02. The molecule has 1 atom stereocenters. The fourth-order valence-electron chi connectivity index (χ4n) is 1.20. The van der Waals surface area contributed by atoms with Gasteiger partial charge < -0.3 is 5.11 Å². The third-order valence-electron chi connectivity index (χ3n) is 1.94. The Morgan fingerprint density at radius 3 is 2.79 bits per heavy atom. The van der Waals surface area contributed by atoms with Gasteiger partial charge in [0.05, 0.1) is 11.4 Å². The third-order valence-corrected chi connectivity index (χ3v) is 4.09. The summed E-state index contributed by atoms with van der Waals surface area (Å²) in [4.78, 5) is 10.9. The minimum Gasteiger partial charge on any atom is -0.392 e.